The van der Waals surface area contributed by atoms with Gasteiger partial charge in [0.25, 0.3) is 0 Å². The molecule has 0 unspecified atom stereocenters. The molecule has 19 heavy (non-hydrogen) atoms. The van der Waals surface area contributed by atoms with Crippen molar-refractivity contribution in [2.45, 2.75) is 26.3 Å². The minimum absolute atomic E-state index is 0.0235. The van der Waals surface area contributed by atoms with Crippen molar-refractivity contribution in [2.24, 2.45) is 5.92 Å². The van der Waals surface area contributed by atoms with E-state index in [1.165, 1.54) is 5.56 Å². The first kappa shape index (κ1) is 14.5. The van der Waals surface area contributed by atoms with E-state index in [-0.39, 0.29) is 11.9 Å². The number of carbonyl (C=O) groups excluding carboxylic acids is 1. The van der Waals surface area contributed by atoms with Crippen LogP contribution < -0.4 is 0 Å². The van der Waals surface area contributed by atoms with Crippen molar-refractivity contribution in [3.8, 4) is 0 Å². The van der Waals surface area contributed by atoms with Crippen molar-refractivity contribution in [3.63, 3.8) is 0 Å². The molecule has 0 aliphatic carbocycles. The van der Waals surface area contributed by atoms with Crippen LogP contribution in [-0.4, -0.2) is 30.6 Å². The minimum atomic E-state index is -0.0235. The maximum absolute atomic E-state index is 11.7. The van der Waals surface area contributed by atoms with Crippen LogP contribution >= 0.6 is 15.9 Å². The van der Waals surface area contributed by atoms with E-state index in [9.17, 15) is 4.79 Å². The number of ether oxygens (including phenoxy) is 1. The van der Waals surface area contributed by atoms with Gasteiger partial charge >= 0.3 is 5.97 Å². The summed E-state index contributed by atoms with van der Waals surface area (Å²) in [5.74, 6) is 0.0725. The molecule has 104 valence electrons. The van der Waals surface area contributed by atoms with Crippen LogP contribution in [0.3, 0.4) is 0 Å². The molecule has 0 radical (unpaired) electrons. The molecule has 3 nitrogen and oxygen atoms in total. The van der Waals surface area contributed by atoms with E-state index in [1.54, 1.807) is 0 Å². The van der Waals surface area contributed by atoms with Gasteiger partial charge in [0.15, 0.2) is 0 Å². The zero-order valence-corrected chi connectivity index (χ0v) is 12.9. The number of esters is 1. The summed E-state index contributed by atoms with van der Waals surface area (Å²) in [6, 6.07) is 8.39. The normalized spacial score (nSPS) is 17.4. The van der Waals surface area contributed by atoms with E-state index < -0.39 is 0 Å². The smallest absolute Gasteiger partial charge is 0.309 e. The van der Waals surface area contributed by atoms with Gasteiger partial charge in [-0.3, -0.25) is 9.69 Å². The van der Waals surface area contributed by atoms with Crippen LogP contribution in [-0.2, 0) is 16.1 Å². The van der Waals surface area contributed by atoms with Crippen molar-refractivity contribution < 1.29 is 9.53 Å². The Morgan fingerprint density at radius 1 is 1.42 bits per heavy atom. The predicted octanol–water partition coefficient (Wildman–Crippen LogP) is 3.22. The lowest BCUT2D eigenvalue weighted by Crippen LogP contribution is -2.36. The summed E-state index contributed by atoms with van der Waals surface area (Å²) >= 11 is 3.49. The third kappa shape index (κ3) is 4.32. The van der Waals surface area contributed by atoms with Crippen molar-refractivity contribution in [1.82, 2.24) is 4.90 Å². The number of rotatable bonds is 4. The molecule has 0 bridgehead atoms. The van der Waals surface area contributed by atoms with Crippen molar-refractivity contribution in [2.75, 3.05) is 19.7 Å². The molecule has 4 heteroatoms. The molecule has 1 saturated heterocycles. The Kier molecular flexibility index (Phi) is 5.40. The Morgan fingerprint density at radius 3 is 2.79 bits per heavy atom. The van der Waals surface area contributed by atoms with Crippen LogP contribution in [0.2, 0.25) is 0 Å². The first-order chi connectivity index (χ1) is 9.19. The molecule has 1 heterocycles. The largest absolute Gasteiger partial charge is 0.466 e. The predicted molar refractivity (Wildman–Crippen MR) is 78.8 cm³/mol. The minimum Gasteiger partial charge on any atom is -0.466 e. The Morgan fingerprint density at radius 2 is 2.16 bits per heavy atom. The summed E-state index contributed by atoms with van der Waals surface area (Å²) in [4.78, 5) is 14.1. The van der Waals surface area contributed by atoms with Crippen molar-refractivity contribution in [3.05, 3.63) is 34.3 Å². The molecule has 1 aliphatic rings. The molecule has 0 amide bonds. The highest BCUT2D eigenvalue weighted by Gasteiger charge is 2.25. The van der Waals surface area contributed by atoms with E-state index in [1.807, 2.05) is 13.0 Å². The average Bonchev–Trinajstić information content (AvgIpc) is 2.40. The Bertz CT molecular complexity index is 428. The maximum Gasteiger partial charge on any atom is 0.309 e. The molecule has 1 aromatic carbocycles. The second kappa shape index (κ2) is 7.06. The molecule has 0 N–H and O–H groups in total. The number of halogens is 1. The molecule has 0 spiro atoms. The van der Waals surface area contributed by atoms with Gasteiger partial charge in [-0.15, -0.1) is 0 Å². The van der Waals surface area contributed by atoms with Crippen LogP contribution in [0.1, 0.15) is 25.3 Å². The Labute approximate surface area is 123 Å². The number of likely N-dealkylation sites (tertiary alicyclic amines) is 1. The van der Waals surface area contributed by atoms with Crippen LogP contribution in [0.4, 0.5) is 0 Å². The third-order valence-electron chi connectivity index (χ3n) is 3.50. The van der Waals surface area contributed by atoms with Gasteiger partial charge in [-0.25, -0.2) is 0 Å². The topological polar surface area (TPSA) is 29.5 Å². The molecule has 0 aromatic heterocycles. The third-order valence-corrected chi connectivity index (χ3v) is 4.00. The van der Waals surface area contributed by atoms with E-state index >= 15 is 0 Å². The molecular weight excluding hydrogens is 306 g/mol. The summed E-state index contributed by atoms with van der Waals surface area (Å²) < 4.78 is 6.20. The van der Waals surface area contributed by atoms with Gasteiger partial charge < -0.3 is 4.74 Å². The number of benzene rings is 1. The lowest BCUT2D eigenvalue weighted by molar-refractivity contribution is -0.149. The van der Waals surface area contributed by atoms with Crippen LogP contribution in [0.25, 0.3) is 0 Å². The fraction of sp³-hybridized carbons (Fsp3) is 0.533. The highest BCUT2D eigenvalue weighted by molar-refractivity contribution is 9.10. The van der Waals surface area contributed by atoms with E-state index in [0.29, 0.717) is 6.61 Å². The fourth-order valence-electron chi connectivity index (χ4n) is 2.48. The number of carbonyl (C=O) groups is 1. The van der Waals surface area contributed by atoms with E-state index in [0.717, 1.165) is 36.9 Å². The number of nitrogens with zero attached hydrogens (tertiary/aromatic N) is 1. The standard InChI is InChI=1S/C15H20BrNO2/c1-2-19-15(18)13-6-8-17(9-7-13)11-12-4-3-5-14(16)10-12/h3-5,10,13H,2,6-9,11H2,1H3. The van der Waals surface area contributed by atoms with Gasteiger partial charge in [0, 0.05) is 11.0 Å². The van der Waals surface area contributed by atoms with Gasteiger partial charge in [0.05, 0.1) is 12.5 Å². The molecule has 2 rings (SSSR count). The summed E-state index contributed by atoms with van der Waals surface area (Å²) in [6.45, 7) is 5.23. The number of piperidine rings is 1. The van der Waals surface area contributed by atoms with Gasteiger partial charge in [-0.1, -0.05) is 28.1 Å². The summed E-state index contributed by atoms with van der Waals surface area (Å²) in [5, 5.41) is 0. The van der Waals surface area contributed by atoms with Crippen LogP contribution in [0, 0.1) is 5.92 Å². The highest BCUT2D eigenvalue weighted by atomic mass is 79.9. The monoisotopic (exact) mass is 325 g/mol. The van der Waals surface area contributed by atoms with Crippen molar-refractivity contribution in [1.29, 1.82) is 0 Å². The molecule has 1 aliphatic heterocycles. The van der Waals surface area contributed by atoms with Gasteiger partial charge in [-0.05, 0) is 50.6 Å². The summed E-state index contributed by atoms with van der Waals surface area (Å²) in [7, 11) is 0. The first-order valence-electron chi connectivity index (χ1n) is 6.82. The Hall–Kier alpha value is -0.870. The quantitative estimate of drug-likeness (QED) is 0.796. The zero-order valence-electron chi connectivity index (χ0n) is 11.3. The summed E-state index contributed by atoms with van der Waals surface area (Å²) in [5.41, 5.74) is 1.31. The van der Waals surface area contributed by atoms with Crippen LogP contribution in [0.5, 0.6) is 0 Å². The molecule has 0 atom stereocenters. The van der Waals surface area contributed by atoms with E-state index in [4.69, 9.17) is 4.74 Å². The summed E-state index contributed by atoms with van der Waals surface area (Å²) in [6.07, 6.45) is 1.82. The van der Waals surface area contributed by atoms with Crippen LogP contribution in [0.15, 0.2) is 28.7 Å². The first-order valence-corrected chi connectivity index (χ1v) is 7.61. The fourth-order valence-corrected chi connectivity index (χ4v) is 2.93. The highest BCUT2D eigenvalue weighted by Crippen LogP contribution is 2.21. The van der Waals surface area contributed by atoms with E-state index in [2.05, 4.69) is 39.0 Å². The lowest BCUT2D eigenvalue weighted by Gasteiger charge is -2.30. The van der Waals surface area contributed by atoms with Gasteiger partial charge in [-0.2, -0.15) is 0 Å². The second-order valence-electron chi connectivity index (χ2n) is 4.93. The van der Waals surface area contributed by atoms with Gasteiger partial charge in [0.2, 0.25) is 0 Å². The second-order valence-corrected chi connectivity index (χ2v) is 5.85. The molecule has 1 fully saturated rings. The maximum atomic E-state index is 11.7. The van der Waals surface area contributed by atoms with Gasteiger partial charge in [0.1, 0.15) is 0 Å². The Balaban J connectivity index is 1.82. The number of hydrogen-bond acceptors (Lipinski definition) is 3. The lowest BCUT2D eigenvalue weighted by atomic mass is 9.96. The number of hydrogen-bond donors (Lipinski definition) is 0. The molecular formula is C15H20BrNO2. The molecule has 1 aromatic rings. The van der Waals surface area contributed by atoms with Crippen molar-refractivity contribution >= 4 is 21.9 Å². The average molecular weight is 326 g/mol. The molecule has 0 saturated carbocycles. The zero-order chi connectivity index (χ0) is 13.7. The SMILES string of the molecule is CCOC(=O)C1CCN(Cc2cccc(Br)c2)CC1.